The van der Waals surface area contributed by atoms with Gasteiger partial charge in [-0.2, -0.15) is 0 Å². The normalized spacial score (nSPS) is 16.2. The fraction of sp³-hybridized carbons (Fsp3) is 0.300. The number of fused-ring (bicyclic) bond motifs is 2. The molecular formula is C20H19N3O3S. The highest BCUT2D eigenvalue weighted by molar-refractivity contribution is 7.22. The molecule has 1 aromatic heterocycles. The van der Waals surface area contributed by atoms with Crippen LogP contribution in [0.25, 0.3) is 10.2 Å². The Hall–Kier alpha value is -2.80. The standard InChI is InChI=1S/C20H19N3O3S/c1-13-3-2-4-17-18(13)21-20(27-17)23-9-7-22(8-10-23)19(24)14-5-6-15-16(11-14)26-12-25-15/h2-6,11H,7-10,12H2,1H3. The topological polar surface area (TPSA) is 54.9 Å². The molecule has 1 amide bonds. The molecule has 0 N–H and O–H groups in total. The van der Waals surface area contributed by atoms with Gasteiger partial charge >= 0.3 is 0 Å². The average Bonchev–Trinajstić information content (AvgIpc) is 3.34. The molecule has 7 heteroatoms. The summed E-state index contributed by atoms with van der Waals surface area (Å²) in [5.41, 5.74) is 2.92. The van der Waals surface area contributed by atoms with Crippen molar-refractivity contribution in [1.29, 1.82) is 0 Å². The van der Waals surface area contributed by atoms with Crippen LogP contribution in [-0.4, -0.2) is 48.8 Å². The average molecular weight is 381 g/mol. The second-order valence-corrected chi connectivity index (χ2v) is 7.77. The number of benzene rings is 2. The van der Waals surface area contributed by atoms with Gasteiger partial charge in [-0.25, -0.2) is 4.98 Å². The number of aryl methyl sites for hydroxylation is 1. The fourth-order valence-electron chi connectivity index (χ4n) is 3.52. The predicted molar refractivity (Wildman–Crippen MR) is 105 cm³/mol. The fourth-order valence-corrected chi connectivity index (χ4v) is 4.62. The number of hydrogen-bond donors (Lipinski definition) is 0. The molecule has 2 aliphatic heterocycles. The van der Waals surface area contributed by atoms with E-state index in [1.165, 1.54) is 10.3 Å². The molecule has 2 aliphatic rings. The molecule has 0 aliphatic carbocycles. The van der Waals surface area contributed by atoms with Gasteiger partial charge < -0.3 is 19.3 Å². The van der Waals surface area contributed by atoms with Crippen LogP contribution in [0.4, 0.5) is 5.13 Å². The van der Waals surface area contributed by atoms with Gasteiger partial charge in [0.25, 0.3) is 5.91 Å². The maximum atomic E-state index is 12.8. The van der Waals surface area contributed by atoms with E-state index in [0.29, 0.717) is 30.2 Å². The number of ether oxygens (including phenoxy) is 2. The molecule has 27 heavy (non-hydrogen) atoms. The van der Waals surface area contributed by atoms with Crippen LogP contribution in [0, 0.1) is 6.92 Å². The Labute approximate surface area is 160 Å². The van der Waals surface area contributed by atoms with Crippen LogP contribution in [0.5, 0.6) is 11.5 Å². The number of rotatable bonds is 2. The van der Waals surface area contributed by atoms with Crippen molar-refractivity contribution in [2.45, 2.75) is 6.92 Å². The number of carbonyl (C=O) groups excluding carboxylic acids is 1. The number of piperazine rings is 1. The summed E-state index contributed by atoms with van der Waals surface area (Å²) in [4.78, 5) is 21.8. The van der Waals surface area contributed by atoms with Crippen molar-refractivity contribution in [3.8, 4) is 11.5 Å². The Bertz CT molecular complexity index is 1020. The Kier molecular flexibility index (Phi) is 3.89. The van der Waals surface area contributed by atoms with Crippen molar-refractivity contribution in [1.82, 2.24) is 9.88 Å². The minimum Gasteiger partial charge on any atom is -0.454 e. The lowest BCUT2D eigenvalue weighted by molar-refractivity contribution is 0.0746. The van der Waals surface area contributed by atoms with E-state index in [-0.39, 0.29) is 12.7 Å². The van der Waals surface area contributed by atoms with Crippen LogP contribution < -0.4 is 14.4 Å². The first-order valence-electron chi connectivity index (χ1n) is 8.99. The van der Waals surface area contributed by atoms with Gasteiger partial charge in [-0.15, -0.1) is 0 Å². The van der Waals surface area contributed by atoms with E-state index in [9.17, 15) is 4.79 Å². The highest BCUT2D eigenvalue weighted by Gasteiger charge is 2.25. The van der Waals surface area contributed by atoms with Gasteiger partial charge in [-0.05, 0) is 36.8 Å². The maximum absolute atomic E-state index is 12.8. The van der Waals surface area contributed by atoms with Gasteiger partial charge in [0.05, 0.1) is 10.2 Å². The molecule has 0 spiro atoms. The number of aromatic nitrogens is 1. The summed E-state index contributed by atoms with van der Waals surface area (Å²) in [7, 11) is 0. The van der Waals surface area contributed by atoms with E-state index in [0.717, 1.165) is 23.7 Å². The van der Waals surface area contributed by atoms with E-state index >= 15 is 0 Å². The second kappa shape index (κ2) is 6.42. The molecule has 3 heterocycles. The molecule has 0 bridgehead atoms. The molecule has 3 aromatic rings. The SMILES string of the molecule is Cc1cccc2sc(N3CCN(C(=O)c4ccc5c(c4)OCO5)CC3)nc12. The van der Waals surface area contributed by atoms with E-state index in [4.69, 9.17) is 14.5 Å². The number of thiazole rings is 1. The summed E-state index contributed by atoms with van der Waals surface area (Å²) in [5, 5.41) is 1.04. The summed E-state index contributed by atoms with van der Waals surface area (Å²) in [6.07, 6.45) is 0. The smallest absolute Gasteiger partial charge is 0.254 e. The zero-order valence-electron chi connectivity index (χ0n) is 15.0. The monoisotopic (exact) mass is 381 g/mol. The van der Waals surface area contributed by atoms with E-state index < -0.39 is 0 Å². The minimum atomic E-state index is 0.0353. The Morgan fingerprint density at radius 1 is 1.07 bits per heavy atom. The minimum absolute atomic E-state index is 0.0353. The maximum Gasteiger partial charge on any atom is 0.254 e. The molecule has 2 aromatic carbocycles. The summed E-state index contributed by atoms with van der Waals surface area (Å²) in [6, 6.07) is 11.7. The largest absolute Gasteiger partial charge is 0.454 e. The lowest BCUT2D eigenvalue weighted by atomic mass is 10.1. The molecule has 0 unspecified atom stereocenters. The molecule has 138 valence electrons. The van der Waals surface area contributed by atoms with Crippen molar-refractivity contribution in [3.63, 3.8) is 0 Å². The van der Waals surface area contributed by atoms with Gasteiger partial charge in [-0.1, -0.05) is 23.5 Å². The number of hydrogen-bond acceptors (Lipinski definition) is 6. The molecular weight excluding hydrogens is 362 g/mol. The summed E-state index contributed by atoms with van der Waals surface area (Å²) >= 11 is 1.72. The quantitative estimate of drug-likeness (QED) is 0.682. The van der Waals surface area contributed by atoms with Crippen molar-refractivity contribution in [2.24, 2.45) is 0 Å². The third kappa shape index (κ3) is 2.88. The molecule has 1 saturated heterocycles. The zero-order valence-corrected chi connectivity index (χ0v) is 15.8. The molecule has 0 atom stereocenters. The first-order chi connectivity index (χ1) is 13.2. The highest BCUT2D eigenvalue weighted by atomic mass is 32.1. The van der Waals surface area contributed by atoms with Crippen LogP contribution in [0.15, 0.2) is 36.4 Å². The highest BCUT2D eigenvalue weighted by Crippen LogP contribution is 2.33. The third-order valence-electron chi connectivity index (χ3n) is 5.07. The number of carbonyl (C=O) groups is 1. The van der Waals surface area contributed by atoms with E-state index in [1.54, 1.807) is 29.5 Å². The van der Waals surface area contributed by atoms with Crippen LogP contribution in [0.3, 0.4) is 0 Å². The van der Waals surface area contributed by atoms with E-state index in [1.807, 2.05) is 4.90 Å². The molecule has 0 radical (unpaired) electrons. The predicted octanol–water partition coefficient (Wildman–Crippen LogP) is 3.30. The summed E-state index contributed by atoms with van der Waals surface area (Å²) in [6.45, 7) is 5.25. The van der Waals surface area contributed by atoms with Crippen LogP contribution >= 0.6 is 11.3 Å². The number of amides is 1. The number of nitrogens with zero attached hydrogens (tertiary/aromatic N) is 3. The third-order valence-corrected chi connectivity index (χ3v) is 6.15. The lowest BCUT2D eigenvalue weighted by Crippen LogP contribution is -2.48. The molecule has 5 rings (SSSR count). The second-order valence-electron chi connectivity index (χ2n) is 6.77. The van der Waals surface area contributed by atoms with Gasteiger partial charge in [0.2, 0.25) is 6.79 Å². The number of para-hydroxylation sites is 1. The molecule has 6 nitrogen and oxygen atoms in total. The van der Waals surface area contributed by atoms with Crippen LogP contribution in [0.1, 0.15) is 15.9 Å². The van der Waals surface area contributed by atoms with Crippen molar-refractivity contribution in [3.05, 3.63) is 47.5 Å². The number of anilines is 1. The van der Waals surface area contributed by atoms with Crippen LogP contribution in [0.2, 0.25) is 0 Å². The van der Waals surface area contributed by atoms with Crippen LogP contribution in [-0.2, 0) is 0 Å². The van der Waals surface area contributed by atoms with Gasteiger partial charge in [0.15, 0.2) is 16.6 Å². The summed E-state index contributed by atoms with van der Waals surface area (Å²) < 4.78 is 11.9. The van der Waals surface area contributed by atoms with Crippen molar-refractivity contribution >= 4 is 32.6 Å². The first-order valence-corrected chi connectivity index (χ1v) is 9.81. The van der Waals surface area contributed by atoms with Gasteiger partial charge in [0, 0.05) is 31.7 Å². The lowest BCUT2D eigenvalue weighted by Gasteiger charge is -2.34. The molecule has 0 saturated carbocycles. The zero-order chi connectivity index (χ0) is 18.4. The first kappa shape index (κ1) is 16.4. The Balaban J connectivity index is 1.29. The Morgan fingerprint density at radius 2 is 1.89 bits per heavy atom. The molecule has 1 fully saturated rings. The van der Waals surface area contributed by atoms with Gasteiger partial charge in [0.1, 0.15) is 0 Å². The van der Waals surface area contributed by atoms with E-state index in [2.05, 4.69) is 30.0 Å². The summed E-state index contributed by atoms with van der Waals surface area (Å²) in [5.74, 6) is 1.37. The van der Waals surface area contributed by atoms with Gasteiger partial charge in [-0.3, -0.25) is 4.79 Å². The van der Waals surface area contributed by atoms with Crippen molar-refractivity contribution < 1.29 is 14.3 Å². The van der Waals surface area contributed by atoms with Crippen molar-refractivity contribution in [2.75, 3.05) is 37.9 Å². The Morgan fingerprint density at radius 3 is 2.70 bits per heavy atom.